The van der Waals surface area contributed by atoms with Gasteiger partial charge in [-0.05, 0) is 6.08 Å². The number of hydrogen-bond donors (Lipinski definition) is 2. The van der Waals surface area contributed by atoms with Gasteiger partial charge in [0.05, 0.1) is 6.08 Å². The first-order valence-corrected chi connectivity index (χ1v) is 4.23. The van der Waals surface area contributed by atoms with Gasteiger partial charge < -0.3 is 20.3 Å². The van der Waals surface area contributed by atoms with Crippen LogP contribution in [0.25, 0.3) is 5.53 Å². The third-order valence-electron chi connectivity index (χ3n) is 1.86. The molecule has 15 heavy (non-hydrogen) atoms. The minimum Gasteiger partial charge on any atom is -0.481 e. The molecular formula is C9H9BN2O3. The fourth-order valence-corrected chi connectivity index (χ4v) is 1.15. The number of allylic oxidation sites excluding steroid dienone is 3. The SMILES string of the molecule is C#CCOC1=CC(=[N+]=[N-])C(B(O)O)C=C1. The lowest BCUT2D eigenvalue weighted by Gasteiger charge is -2.11. The summed E-state index contributed by atoms with van der Waals surface area (Å²) in [5.74, 6) is 1.94. The molecule has 0 spiro atoms. The lowest BCUT2D eigenvalue weighted by atomic mass is 9.68. The first kappa shape index (κ1) is 11.3. The highest BCUT2D eigenvalue weighted by molar-refractivity contribution is 6.51. The summed E-state index contributed by atoms with van der Waals surface area (Å²) in [5, 5.41) is 17.9. The fraction of sp³-hybridized carbons (Fsp3) is 0.222. The molecule has 1 aliphatic carbocycles. The van der Waals surface area contributed by atoms with Crippen molar-refractivity contribution < 1.29 is 19.6 Å². The molecule has 0 saturated carbocycles. The van der Waals surface area contributed by atoms with Crippen LogP contribution in [0, 0.1) is 12.3 Å². The van der Waals surface area contributed by atoms with Crippen molar-refractivity contribution in [3.8, 4) is 12.3 Å². The molecule has 1 aliphatic rings. The van der Waals surface area contributed by atoms with Gasteiger partial charge in [0.25, 0.3) is 0 Å². The maximum Gasteiger partial charge on any atom is 0.471 e. The third-order valence-corrected chi connectivity index (χ3v) is 1.86. The van der Waals surface area contributed by atoms with Crippen LogP contribution in [0.15, 0.2) is 24.0 Å². The zero-order valence-corrected chi connectivity index (χ0v) is 7.87. The lowest BCUT2D eigenvalue weighted by Crippen LogP contribution is -2.27. The molecule has 6 heteroatoms. The second kappa shape index (κ2) is 5.18. The van der Waals surface area contributed by atoms with E-state index in [-0.39, 0.29) is 12.3 Å². The van der Waals surface area contributed by atoms with Crippen molar-refractivity contribution in [3.05, 3.63) is 29.5 Å². The Morgan fingerprint density at radius 1 is 1.67 bits per heavy atom. The van der Waals surface area contributed by atoms with Crippen LogP contribution in [0.5, 0.6) is 0 Å². The summed E-state index contributed by atoms with van der Waals surface area (Å²) in [6.45, 7) is 0.0984. The predicted molar refractivity (Wildman–Crippen MR) is 54.6 cm³/mol. The van der Waals surface area contributed by atoms with Crippen LogP contribution in [-0.2, 0) is 4.74 Å². The minimum absolute atomic E-state index is 0.0984. The van der Waals surface area contributed by atoms with Gasteiger partial charge in [-0.1, -0.05) is 12.0 Å². The molecule has 1 rings (SSSR count). The third kappa shape index (κ3) is 2.83. The second-order valence-corrected chi connectivity index (χ2v) is 2.86. The molecule has 0 fully saturated rings. The molecule has 0 aromatic rings. The molecule has 0 aromatic carbocycles. The van der Waals surface area contributed by atoms with E-state index >= 15 is 0 Å². The lowest BCUT2D eigenvalue weighted by molar-refractivity contribution is -0.00628. The van der Waals surface area contributed by atoms with E-state index in [4.69, 9.17) is 26.7 Å². The van der Waals surface area contributed by atoms with E-state index in [0.717, 1.165) is 0 Å². The molecule has 0 radical (unpaired) electrons. The van der Waals surface area contributed by atoms with Gasteiger partial charge in [0.15, 0.2) is 0 Å². The largest absolute Gasteiger partial charge is 0.481 e. The summed E-state index contributed by atoms with van der Waals surface area (Å²) < 4.78 is 5.08. The van der Waals surface area contributed by atoms with Crippen molar-refractivity contribution in [3.63, 3.8) is 0 Å². The van der Waals surface area contributed by atoms with Crippen LogP contribution < -0.4 is 0 Å². The Morgan fingerprint density at radius 3 is 2.93 bits per heavy atom. The number of ether oxygens (including phenoxy) is 1. The highest BCUT2D eigenvalue weighted by Gasteiger charge is 2.33. The molecular weight excluding hydrogens is 195 g/mol. The van der Waals surface area contributed by atoms with Gasteiger partial charge in [0.1, 0.15) is 18.2 Å². The molecule has 1 atom stereocenters. The van der Waals surface area contributed by atoms with Gasteiger partial charge in [-0.2, -0.15) is 4.79 Å². The first-order chi connectivity index (χ1) is 7.19. The number of nitrogens with zero attached hydrogens (tertiary/aromatic N) is 2. The standard InChI is InChI=1S/C9H9BN2O3/c1-2-5-15-7-3-4-8(10(13)14)9(6-7)12-11/h1,3-4,6,8,13-14H,5H2. The smallest absolute Gasteiger partial charge is 0.471 e. The first-order valence-electron chi connectivity index (χ1n) is 4.23. The van der Waals surface area contributed by atoms with Gasteiger partial charge in [0.2, 0.25) is 0 Å². The number of rotatable bonds is 3. The maximum atomic E-state index is 8.95. The Kier molecular flexibility index (Phi) is 3.89. The molecule has 0 amide bonds. The van der Waals surface area contributed by atoms with Crippen LogP contribution >= 0.6 is 0 Å². The molecule has 0 aromatic heterocycles. The van der Waals surface area contributed by atoms with Crippen LogP contribution in [0.3, 0.4) is 0 Å². The number of hydrogen-bond acceptors (Lipinski definition) is 3. The molecule has 5 nitrogen and oxygen atoms in total. The van der Waals surface area contributed by atoms with Crippen LogP contribution in [0.2, 0.25) is 5.82 Å². The molecule has 0 saturated heterocycles. The minimum atomic E-state index is -1.61. The van der Waals surface area contributed by atoms with Gasteiger partial charge in [0, 0.05) is 0 Å². The van der Waals surface area contributed by atoms with E-state index in [0.29, 0.717) is 5.76 Å². The Hall–Kier alpha value is -1.80. The second-order valence-electron chi connectivity index (χ2n) is 2.86. The topological polar surface area (TPSA) is 86.1 Å². The quantitative estimate of drug-likeness (QED) is 0.284. The van der Waals surface area contributed by atoms with E-state index < -0.39 is 12.9 Å². The highest BCUT2D eigenvalue weighted by Crippen LogP contribution is 2.19. The Balaban J connectivity index is 2.81. The van der Waals surface area contributed by atoms with E-state index in [2.05, 4.69) is 10.7 Å². The highest BCUT2D eigenvalue weighted by atomic mass is 16.5. The van der Waals surface area contributed by atoms with Crippen LogP contribution in [-0.4, -0.2) is 34.3 Å². The molecule has 1 unspecified atom stereocenters. The Bertz CT molecular complexity index is 389. The van der Waals surface area contributed by atoms with Crippen molar-refractivity contribution in [1.29, 1.82) is 0 Å². The average Bonchev–Trinajstić information content (AvgIpc) is 2.25. The van der Waals surface area contributed by atoms with Gasteiger partial charge in [-0.25, -0.2) is 0 Å². The fourth-order valence-electron chi connectivity index (χ4n) is 1.15. The monoisotopic (exact) mass is 204 g/mol. The van der Waals surface area contributed by atoms with Crippen LogP contribution in [0.1, 0.15) is 0 Å². The molecule has 0 aliphatic heterocycles. The molecule has 0 bridgehead atoms. The van der Waals surface area contributed by atoms with Crippen LogP contribution in [0.4, 0.5) is 0 Å². The summed E-state index contributed by atoms with van der Waals surface area (Å²) >= 11 is 0. The Morgan fingerprint density at radius 2 is 2.40 bits per heavy atom. The zero-order chi connectivity index (χ0) is 11.3. The van der Waals surface area contributed by atoms with Gasteiger partial charge in [-0.15, -0.1) is 6.42 Å². The molecule has 2 N–H and O–H groups in total. The van der Waals surface area contributed by atoms with Crippen molar-refractivity contribution >= 4 is 12.8 Å². The maximum absolute atomic E-state index is 8.95. The molecule has 0 heterocycles. The van der Waals surface area contributed by atoms with Crippen molar-refractivity contribution in [1.82, 2.24) is 0 Å². The zero-order valence-electron chi connectivity index (χ0n) is 7.87. The summed E-state index contributed by atoms with van der Waals surface area (Å²) in [6, 6.07) is 0. The summed E-state index contributed by atoms with van der Waals surface area (Å²) in [7, 11) is -1.61. The normalized spacial score (nSPS) is 18.9. The number of terminal acetylenes is 1. The van der Waals surface area contributed by atoms with E-state index in [9.17, 15) is 0 Å². The van der Waals surface area contributed by atoms with Crippen molar-refractivity contribution in [2.45, 2.75) is 5.82 Å². The van der Waals surface area contributed by atoms with Gasteiger partial charge >= 0.3 is 12.8 Å². The Labute approximate surface area is 87.4 Å². The predicted octanol–water partition coefficient (Wildman–Crippen LogP) is -0.396. The average molecular weight is 204 g/mol. The van der Waals surface area contributed by atoms with Crippen molar-refractivity contribution in [2.24, 2.45) is 0 Å². The van der Waals surface area contributed by atoms with E-state index in [1.54, 1.807) is 0 Å². The van der Waals surface area contributed by atoms with E-state index in [1.807, 2.05) is 0 Å². The molecule has 76 valence electrons. The summed E-state index contributed by atoms with van der Waals surface area (Å²) in [4.78, 5) is 2.95. The van der Waals surface area contributed by atoms with Gasteiger partial charge in [-0.3, -0.25) is 0 Å². The summed E-state index contributed by atoms with van der Waals surface area (Å²) in [6.07, 6.45) is 9.39. The van der Waals surface area contributed by atoms with Crippen molar-refractivity contribution in [2.75, 3.05) is 6.61 Å². The van der Waals surface area contributed by atoms with E-state index in [1.165, 1.54) is 18.2 Å². The summed E-state index contributed by atoms with van der Waals surface area (Å²) in [5.41, 5.74) is 8.76.